The molecule has 2 N–H and O–H groups in total. The van der Waals surface area contributed by atoms with E-state index in [2.05, 4.69) is 4.74 Å². The van der Waals surface area contributed by atoms with Gasteiger partial charge in [-0.25, -0.2) is 17.6 Å². The summed E-state index contributed by atoms with van der Waals surface area (Å²) in [5.74, 6) is -2.04. The maximum atomic E-state index is 13.6. The number of benzene rings is 3. The van der Waals surface area contributed by atoms with Gasteiger partial charge in [0.25, 0.3) is 0 Å². The molecule has 3 aromatic rings. The van der Waals surface area contributed by atoms with Crippen molar-refractivity contribution in [1.29, 1.82) is 0 Å². The molecule has 10 heteroatoms. The van der Waals surface area contributed by atoms with Gasteiger partial charge in [-0.3, -0.25) is 4.79 Å². The molecule has 0 aromatic heterocycles. The number of halogens is 2. The van der Waals surface area contributed by atoms with Gasteiger partial charge in [-0.1, -0.05) is 35.9 Å². The van der Waals surface area contributed by atoms with Crippen molar-refractivity contribution in [3.8, 4) is 0 Å². The quantitative estimate of drug-likeness (QED) is 0.485. The van der Waals surface area contributed by atoms with Gasteiger partial charge in [0.2, 0.25) is 15.9 Å². The van der Waals surface area contributed by atoms with Crippen LogP contribution in [0.15, 0.2) is 77.7 Å². The Labute approximate surface area is 195 Å². The number of ether oxygens (including phenoxy) is 1. The van der Waals surface area contributed by atoms with Crippen molar-refractivity contribution in [1.82, 2.24) is 4.31 Å². The molecule has 3 aromatic carbocycles. The van der Waals surface area contributed by atoms with Gasteiger partial charge in [0.1, 0.15) is 11.9 Å². The minimum Gasteiger partial charge on any atom is -0.465 e. The molecular formula is C23H20ClFN2O5S. The number of carbonyl (C=O) groups is 2. The number of rotatable bonds is 8. The van der Waals surface area contributed by atoms with Crippen LogP contribution in [-0.2, 0) is 26.1 Å². The van der Waals surface area contributed by atoms with E-state index in [1.807, 2.05) is 0 Å². The molecule has 0 heterocycles. The first-order chi connectivity index (χ1) is 15.6. The highest BCUT2D eigenvalue weighted by atomic mass is 35.5. The van der Waals surface area contributed by atoms with E-state index in [1.54, 1.807) is 12.1 Å². The van der Waals surface area contributed by atoms with Crippen molar-refractivity contribution >= 4 is 33.5 Å². The Balaban J connectivity index is 2.10. The van der Waals surface area contributed by atoms with E-state index in [0.717, 1.165) is 16.4 Å². The largest absolute Gasteiger partial charge is 0.465 e. The van der Waals surface area contributed by atoms with Gasteiger partial charge in [0, 0.05) is 11.6 Å². The molecule has 0 radical (unpaired) electrons. The summed E-state index contributed by atoms with van der Waals surface area (Å²) in [6, 6.07) is 14.9. The van der Waals surface area contributed by atoms with Gasteiger partial charge in [0.15, 0.2) is 0 Å². The molecule has 7 nitrogen and oxygen atoms in total. The minimum atomic E-state index is -4.26. The van der Waals surface area contributed by atoms with Crippen LogP contribution in [-0.4, -0.2) is 31.7 Å². The number of sulfonamides is 1. The Bertz CT molecular complexity index is 1250. The average Bonchev–Trinajstić information content (AvgIpc) is 2.80. The highest BCUT2D eigenvalue weighted by molar-refractivity contribution is 7.89. The molecule has 1 amide bonds. The SMILES string of the molecule is COC(=O)c1ccc(CN(C(C(N)=O)c2ccc(F)cc2)S(=O)(=O)c2ccc(Cl)cc2)cc1. The van der Waals surface area contributed by atoms with Gasteiger partial charge in [-0.15, -0.1) is 0 Å². The molecule has 0 aliphatic carbocycles. The van der Waals surface area contributed by atoms with Crippen LogP contribution in [0.4, 0.5) is 4.39 Å². The van der Waals surface area contributed by atoms with Crippen molar-refractivity contribution in [2.24, 2.45) is 5.73 Å². The van der Waals surface area contributed by atoms with Gasteiger partial charge in [0.05, 0.1) is 17.6 Å². The zero-order valence-corrected chi connectivity index (χ0v) is 19.0. The second-order valence-corrected chi connectivity index (χ2v) is 9.38. The molecular weight excluding hydrogens is 471 g/mol. The van der Waals surface area contributed by atoms with E-state index in [4.69, 9.17) is 17.3 Å². The summed E-state index contributed by atoms with van der Waals surface area (Å²) in [5.41, 5.74) is 6.58. The number of esters is 1. The Kier molecular flexibility index (Phi) is 7.47. The first-order valence-electron chi connectivity index (χ1n) is 9.63. The van der Waals surface area contributed by atoms with Crippen LogP contribution in [0.25, 0.3) is 0 Å². The highest BCUT2D eigenvalue weighted by Gasteiger charge is 2.36. The lowest BCUT2D eigenvalue weighted by Crippen LogP contribution is -2.41. The normalized spacial score (nSPS) is 12.4. The van der Waals surface area contributed by atoms with Gasteiger partial charge in [-0.2, -0.15) is 4.31 Å². The van der Waals surface area contributed by atoms with Crippen LogP contribution in [0, 0.1) is 5.82 Å². The van der Waals surface area contributed by atoms with Crippen LogP contribution in [0.2, 0.25) is 5.02 Å². The van der Waals surface area contributed by atoms with Gasteiger partial charge >= 0.3 is 5.97 Å². The fourth-order valence-corrected chi connectivity index (χ4v) is 4.92. The zero-order valence-electron chi connectivity index (χ0n) is 17.4. The van der Waals surface area contributed by atoms with Crippen molar-refractivity contribution in [3.05, 3.63) is 100 Å². The molecule has 0 saturated carbocycles. The molecule has 3 rings (SSSR count). The van der Waals surface area contributed by atoms with E-state index in [-0.39, 0.29) is 22.6 Å². The van der Waals surface area contributed by atoms with E-state index in [9.17, 15) is 22.4 Å². The number of methoxy groups -OCH3 is 1. The molecule has 172 valence electrons. The molecule has 33 heavy (non-hydrogen) atoms. The summed E-state index contributed by atoms with van der Waals surface area (Å²) >= 11 is 5.89. The minimum absolute atomic E-state index is 0.105. The van der Waals surface area contributed by atoms with Crippen molar-refractivity contribution in [2.75, 3.05) is 7.11 Å². The number of amides is 1. The second kappa shape index (κ2) is 10.1. The van der Waals surface area contributed by atoms with Crippen LogP contribution in [0.1, 0.15) is 27.5 Å². The zero-order chi connectivity index (χ0) is 24.2. The number of primary amides is 1. The van der Waals surface area contributed by atoms with Crippen LogP contribution in [0.3, 0.4) is 0 Å². The molecule has 0 aliphatic rings. The Hall–Kier alpha value is -3.27. The van der Waals surface area contributed by atoms with E-state index in [1.165, 1.54) is 55.6 Å². The number of nitrogens with zero attached hydrogens (tertiary/aromatic N) is 1. The maximum absolute atomic E-state index is 13.6. The fourth-order valence-electron chi connectivity index (χ4n) is 3.22. The third-order valence-electron chi connectivity index (χ3n) is 4.88. The third kappa shape index (κ3) is 5.57. The molecule has 0 spiro atoms. The topological polar surface area (TPSA) is 107 Å². The molecule has 0 saturated heterocycles. The summed E-state index contributed by atoms with van der Waals surface area (Å²) in [5, 5.41) is 0.337. The van der Waals surface area contributed by atoms with Crippen LogP contribution >= 0.6 is 11.6 Å². The summed E-state index contributed by atoms with van der Waals surface area (Å²) in [6.07, 6.45) is 0. The average molecular weight is 491 g/mol. The summed E-state index contributed by atoms with van der Waals surface area (Å²) < 4.78 is 46.2. The third-order valence-corrected chi connectivity index (χ3v) is 6.95. The van der Waals surface area contributed by atoms with Crippen molar-refractivity contribution < 1.29 is 27.1 Å². The van der Waals surface area contributed by atoms with E-state index < -0.39 is 33.8 Å². The molecule has 1 atom stereocenters. The molecule has 0 fully saturated rings. The van der Waals surface area contributed by atoms with Gasteiger partial charge < -0.3 is 10.5 Å². The molecule has 0 aliphatic heterocycles. The van der Waals surface area contributed by atoms with E-state index >= 15 is 0 Å². The predicted molar refractivity (Wildman–Crippen MR) is 120 cm³/mol. The van der Waals surface area contributed by atoms with Crippen LogP contribution in [0.5, 0.6) is 0 Å². The van der Waals surface area contributed by atoms with Crippen molar-refractivity contribution in [2.45, 2.75) is 17.5 Å². The van der Waals surface area contributed by atoms with Gasteiger partial charge in [-0.05, 0) is 59.7 Å². The summed E-state index contributed by atoms with van der Waals surface area (Å²) in [6.45, 7) is -0.253. The smallest absolute Gasteiger partial charge is 0.337 e. The van der Waals surface area contributed by atoms with Crippen LogP contribution < -0.4 is 5.73 Å². The fraction of sp³-hybridized carbons (Fsp3) is 0.130. The lowest BCUT2D eigenvalue weighted by Gasteiger charge is -2.29. The lowest BCUT2D eigenvalue weighted by atomic mass is 10.1. The Morgan fingerprint density at radius 1 is 1.00 bits per heavy atom. The number of carbonyl (C=O) groups excluding carboxylic acids is 2. The highest BCUT2D eigenvalue weighted by Crippen LogP contribution is 2.30. The summed E-state index contributed by atoms with van der Waals surface area (Å²) in [7, 11) is -3.01. The molecule has 0 bridgehead atoms. The first-order valence-corrected chi connectivity index (χ1v) is 11.4. The predicted octanol–water partition coefficient (Wildman–Crippen LogP) is 3.68. The maximum Gasteiger partial charge on any atom is 0.337 e. The summed E-state index contributed by atoms with van der Waals surface area (Å²) in [4.78, 5) is 24.1. The monoisotopic (exact) mass is 490 g/mol. The first kappa shape index (κ1) is 24.4. The Morgan fingerprint density at radius 3 is 2.09 bits per heavy atom. The standard InChI is InChI=1S/C23H20ClFN2O5S/c1-32-23(29)17-4-2-15(3-5-17)14-27(33(30,31)20-12-8-18(24)9-13-20)21(22(26)28)16-6-10-19(25)11-7-16/h2-13,21H,14H2,1H3,(H2,26,28). The lowest BCUT2D eigenvalue weighted by molar-refractivity contribution is -0.122. The number of nitrogens with two attached hydrogens (primary N) is 1. The number of hydrogen-bond acceptors (Lipinski definition) is 5. The second-order valence-electron chi connectivity index (χ2n) is 7.05. The van der Waals surface area contributed by atoms with E-state index in [0.29, 0.717) is 10.6 Å². The molecule has 1 unspecified atom stereocenters. The number of hydrogen-bond donors (Lipinski definition) is 1. The van der Waals surface area contributed by atoms with Crippen molar-refractivity contribution in [3.63, 3.8) is 0 Å². The Morgan fingerprint density at radius 2 is 1.58 bits per heavy atom.